The number of aromatic nitrogens is 1. The highest BCUT2D eigenvalue weighted by molar-refractivity contribution is 7.94. The molecule has 0 N–H and O–H groups in total. The molecule has 0 aliphatic carbocycles. The molecule has 0 saturated carbocycles. The number of benzene rings is 2. The number of oxazole rings is 1. The molecule has 1 aromatic heterocycles. The Morgan fingerprint density at radius 3 is 2.14 bits per heavy atom. The van der Waals surface area contributed by atoms with Crippen LogP contribution in [-0.2, 0) is 19.7 Å². The molecule has 0 bridgehead atoms. The third-order valence-electron chi connectivity index (χ3n) is 3.92. The molecule has 0 radical (unpaired) electrons. The Labute approximate surface area is 160 Å². The van der Waals surface area contributed by atoms with Crippen LogP contribution in [0.15, 0.2) is 68.0 Å². The van der Waals surface area contributed by atoms with Gasteiger partial charge in [-0.25, -0.2) is 25.6 Å². The van der Waals surface area contributed by atoms with Crippen LogP contribution in [0.2, 0.25) is 0 Å². The van der Waals surface area contributed by atoms with Gasteiger partial charge in [0.15, 0.2) is 11.6 Å². The van der Waals surface area contributed by atoms with E-state index in [1.807, 2.05) is 0 Å². The minimum absolute atomic E-state index is 0.221. The van der Waals surface area contributed by atoms with Gasteiger partial charge in [0.1, 0.15) is 0 Å². The van der Waals surface area contributed by atoms with Gasteiger partial charge in [-0.1, -0.05) is 18.2 Å². The number of halogens is 2. The monoisotopic (exact) mass is 427 g/mol. The number of sulfone groups is 2. The van der Waals surface area contributed by atoms with Crippen LogP contribution in [0.1, 0.15) is 13.8 Å². The van der Waals surface area contributed by atoms with E-state index in [1.165, 1.54) is 13.8 Å². The molecule has 0 amide bonds. The minimum atomic E-state index is -4.60. The molecule has 6 nitrogen and oxygen atoms in total. The molecule has 0 atom stereocenters. The second-order valence-electron chi connectivity index (χ2n) is 6.15. The first-order valence-electron chi connectivity index (χ1n) is 8.05. The standard InChI is InChI=1S/C18H15F2NO5S2/c1-11(2)27(22,23)18-17(21-16(26-18)12-6-4-3-5-7-12)28(24,25)13-8-9-14(19)15(20)10-13/h3-11H,1-2H3. The summed E-state index contributed by atoms with van der Waals surface area (Å²) < 4.78 is 83.3. The number of rotatable bonds is 5. The van der Waals surface area contributed by atoms with Crippen molar-refractivity contribution >= 4 is 19.7 Å². The smallest absolute Gasteiger partial charge is 0.258 e. The molecule has 2 aromatic carbocycles. The molecule has 28 heavy (non-hydrogen) atoms. The van der Waals surface area contributed by atoms with Gasteiger partial charge in [0, 0.05) is 5.56 Å². The van der Waals surface area contributed by atoms with Crippen LogP contribution < -0.4 is 0 Å². The quantitative estimate of drug-likeness (QED) is 0.577. The van der Waals surface area contributed by atoms with Crippen molar-refractivity contribution in [1.82, 2.24) is 4.98 Å². The summed E-state index contributed by atoms with van der Waals surface area (Å²) >= 11 is 0. The highest BCUT2D eigenvalue weighted by Gasteiger charge is 2.37. The molecule has 1 heterocycles. The average molecular weight is 427 g/mol. The van der Waals surface area contributed by atoms with Gasteiger partial charge in [-0.3, -0.25) is 0 Å². The van der Waals surface area contributed by atoms with Gasteiger partial charge < -0.3 is 4.42 Å². The lowest BCUT2D eigenvalue weighted by molar-refractivity contribution is 0.442. The van der Waals surface area contributed by atoms with Crippen LogP contribution in [0.25, 0.3) is 11.5 Å². The zero-order valence-corrected chi connectivity index (χ0v) is 16.4. The minimum Gasteiger partial charge on any atom is -0.423 e. The van der Waals surface area contributed by atoms with Gasteiger partial charge in [-0.15, -0.1) is 0 Å². The molecule has 3 rings (SSSR count). The van der Waals surface area contributed by atoms with Gasteiger partial charge in [0.2, 0.25) is 30.6 Å². The van der Waals surface area contributed by atoms with Crippen molar-refractivity contribution in [3.05, 3.63) is 60.2 Å². The predicted octanol–water partition coefficient (Wildman–Crippen LogP) is 3.63. The molecule has 148 valence electrons. The lowest BCUT2D eigenvalue weighted by atomic mass is 10.2. The van der Waals surface area contributed by atoms with Crippen LogP contribution in [0.5, 0.6) is 0 Å². The number of hydrogen-bond acceptors (Lipinski definition) is 6. The highest BCUT2D eigenvalue weighted by atomic mass is 32.2. The zero-order valence-electron chi connectivity index (χ0n) is 14.8. The SMILES string of the molecule is CC(C)S(=O)(=O)c1oc(-c2ccccc2)nc1S(=O)(=O)c1ccc(F)c(F)c1. The van der Waals surface area contributed by atoms with Crippen molar-refractivity contribution in [2.45, 2.75) is 34.1 Å². The molecular weight excluding hydrogens is 412 g/mol. The average Bonchev–Trinajstić information content (AvgIpc) is 3.11. The van der Waals surface area contributed by atoms with Crippen molar-refractivity contribution in [1.29, 1.82) is 0 Å². The lowest BCUT2D eigenvalue weighted by Crippen LogP contribution is -2.17. The summed E-state index contributed by atoms with van der Waals surface area (Å²) in [6.07, 6.45) is 0. The summed E-state index contributed by atoms with van der Waals surface area (Å²) in [5.41, 5.74) is 0.356. The van der Waals surface area contributed by atoms with E-state index >= 15 is 0 Å². The molecular formula is C18H15F2NO5S2. The second-order valence-corrected chi connectivity index (χ2v) is 10.4. The third-order valence-corrected chi connectivity index (χ3v) is 7.75. The Morgan fingerprint density at radius 2 is 1.57 bits per heavy atom. The van der Waals surface area contributed by atoms with E-state index in [0.717, 1.165) is 6.07 Å². The molecule has 0 aliphatic rings. The van der Waals surface area contributed by atoms with E-state index in [9.17, 15) is 25.6 Å². The highest BCUT2D eigenvalue weighted by Crippen LogP contribution is 2.33. The maximum atomic E-state index is 13.6. The largest absolute Gasteiger partial charge is 0.423 e. The van der Waals surface area contributed by atoms with Gasteiger partial charge in [0.25, 0.3) is 5.09 Å². The summed E-state index contributed by atoms with van der Waals surface area (Å²) in [6.45, 7) is 2.71. The summed E-state index contributed by atoms with van der Waals surface area (Å²) in [5, 5.41) is -2.71. The fraction of sp³-hybridized carbons (Fsp3) is 0.167. The van der Waals surface area contributed by atoms with Gasteiger partial charge in [-0.05, 0) is 44.2 Å². The van der Waals surface area contributed by atoms with Gasteiger partial charge >= 0.3 is 0 Å². The van der Waals surface area contributed by atoms with E-state index in [1.54, 1.807) is 30.3 Å². The maximum Gasteiger partial charge on any atom is 0.258 e. The molecule has 0 saturated heterocycles. The van der Waals surface area contributed by atoms with E-state index in [-0.39, 0.29) is 5.89 Å². The summed E-state index contributed by atoms with van der Waals surface area (Å²) in [5.74, 6) is -2.85. The first-order chi connectivity index (χ1) is 13.0. The maximum absolute atomic E-state index is 13.6. The molecule has 10 heteroatoms. The van der Waals surface area contributed by atoms with E-state index in [2.05, 4.69) is 4.98 Å². The Bertz CT molecular complexity index is 1230. The van der Waals surface area contributed by atoms with Crippen LogP contribution in [-0.4, -0.2) is 27.1 Å². The fourth-order valence-electron chi connectivity index (χ4n) is 2.32. The van der Waals surface area contributed by atoms with Crippen molar-refractivity contribution in [2.75, 3.05) is 0 Å². The van der Waals surface area contributed by atoms with Gasteiger partial charge in [-0.2, -0.15) is 4.98 Å². The summed E-state index contributed by atoms with van der Waals surface area (Å²) in [6, 6.07) is 10.0. The topological polar surface area (TPSA) is 94.3 Å². The van der Waals surface area contributed by atoms with Crippen LogP contribution in [0.4, 0.5) is 8.78 Å². The summed E-state index contributed by atoms with van der Waals surface area (Å²) in [7, 11) is -8.78. The lowest BCUT2D eigenvalue weighted by Gasteiger charge is -2.07. The first kappa shape index (κ1) is 20.2. The molecule has 3 aromatic rings. The molecule has 0 unspecified atom stereocenters. The first-order valence-corrected chi connectivity index (χ1v) is 11.1. The van der Waals surface area contributed by atoms with Gasteiger partial charge in [0.05, 0.1) is 10.1 Å². The molecule has 0 aliphatic heterocycles. The fourth-order valence-corrected chi connectivity index (χ4v) is 5.10. The zero-order chi connectivity index (χ0) is 20.7. The number of hydrogen-bond donors (Lipinski definition) is 0. The Morgan fingerprint density at radius 1 is 0.929 bits per heavy atom. The van der Waals surface area contributed by atoms with Crippen molar-refractivity contribution in [3.8, 4) is 11.5 Å². The van der Waals surface area contributed by atoms with Crippen LogP contribution in [0.3, 0.4) is 0 Å². The molecule has 0 fully saturated rings. The third kappa shape index (κ3) is 3.45. The van der Waals surface area contributed by atoms with Crippen LogP contribution >= 0.6 is 0 Å². The van der Waals surface area contributed by atoms with Crippen molar-refractivity contribution in [3.63, 3.8) is 0 Å². The Hall–Kier alpha value is -2.59. The predicted molar refractivity (Wildman–Crippen MR) is 96.1 cm³/mol. The van der Waals surface area contributed by atoms with Crippen LogP contribution in [0, 0.1) is 11.6 Å². The normalized spacial score (nSPS) is 12.5. The van der Waals surface area contributed by atoms with Crippen molar-refractivity contribution in [2.24, 2.45) is 0 Å². The number of nitrogens with zero attached hydrogens (tertiary/aromatic N) is 1. The van der Waals surface area contributed by atoms with E-state index in [0.29, 0.717) is 17.7 Å². The molecule has 0 spiro atoms. The summed E-state index contributed by atoms with van der Waals surface area (Å²) in [4.78, 5) is 3.24. The van der Waals surface area contributed by atoms with E-state index < -0.39 is 51.6 Å². The van der Waals surface area contributed by atoms with Crippen molar-refractivity contribution < 1.29 is 30.0 Å². The Balaban J connectivity index is 2.29. The second kappa shape index (κ2) is 7.10. The van der Waals surface area contributed by atoms with E-state index in [4.69, 9.17) is 4.42 Å². The Kier molecular flexibility index (Phi) is 5.11.